The van der Waals surface area contributed by atoms with E-state index in [0.29, 0.717) is 17.9 Å². The van der Waals surface area contributed by atoms with E-state index in [-0.39, 0.29) is 24.2 Å². The summed E-state index contributed by atoms with van der Waals surface area (Å²) in [7, 11) is 0. The quantitative estimate of drug-likeness (QED) is 0.712. The van der Waals surface area contributed by atoms with Crippen LogP contribution in [0.2, 0.25) is 0 Å². The molecular weight excluding hydrogens is 372 g/mol. The monoisotopic (exact) mass is 390 g/mol. The second kappa shape index (κ2) is 7.69. The number of hydrogen-bond acceptors (Lipinski definition) is 7. The number of nitriles is 2. The second-order valence-corrected chi connectivity index (χ2v) is 7.16. The van der Waals surface area contributed by atoms with Gasteiger partial charge in [-0.25, -0.2) is 9.97 Å². The van der Waals surface area contributed by atoms with Gasteiger partial charge in [0.15, 0.2) is 11.4 Å². The zero-order valence-corrected chi connectivity index (χ0v) is 15.9. The molecule has 1 aliphatic carbocycles. The van der Waals surface area contributed by atoms with Crippen LogP contribution in [0.1, 0.15) is 49.3 Å². The molecule has 8 nitrogen and oxygen atoms in total. The molecular formula is C21H18N4O4. The number of hydrogen-bond donors (Lipinski definition) is 1. The van der Waals surface area contributed by atoms with Crippen molar-refractivity contribution < 1.29 is 19.4 Å². The second-order valence-electron chi connectivity index (χ2n) is 7.16. The molecule has 1 unspecified atom stereocenters. The summed E-state index contributed by atoms with van der Waals surface area (Å²) < 4.78 is 5.11. The van der Waals surface area contributed by atoms with Gasteiger partial charge in [0.1, 0.15) is 12.1 Å². The molecule has 1 aromatic heterocycles. The van der Waals surface area contributed by atoms with Crippen molar-refractivity contribution in [2.24, 2.45) is 5.92 Å². The summed E-state index contributed by atoms with van der Waals surface area (Å²) in [6.07, 6.45) is -0.0983. The van der Waals surface area contributed by atoms with Crippen molar-refractivity contribution in [2.45, 2.75) is 38.2 Å². The summed E-state index contributed by atoms with van der Waals surface area (Å²) in [5.41, 5.74) is 1.28. The summed E-state index contributed by atoms with van der Waals surface area (Å²) in [5.74, 6) is -1.71. The first-order chi connectivity index (χ1) is 13.9. The Morgan fingerprint density at radius 2 is 1.86 bits per heavy atom. The molecule has 1 N–H and O–H groups in total. The minimum atomic E-state index is -0.971. The van der Waals surface area contributed by atoms with Gasteiger partial charge in [0, 0.05) is 11.0 Å². The summed E-state index contributed by atoms with van der Waals surface area (Å²) in [5, 5.41) is 28.3. The number of carboxylic acid groups (broad SMARTS) is 1. The van der Waals surface area contributed by atoms with Crippen LogP contribution >= 0.6 is 0 Å². The SMILES string of the molecule is C[C@@H](CC1(C[C@H](C)C(=O)O)c2ccccc2-c2nc(C#N)c(C#N)nc21)OC=O. The molecule has 29 heavy (non-hydrogen) atoms. The van der Waals surface area contributed by atoms with Crippen molar-refractivity contribution in [2.75, 3.05) is 0 Å². The highest BCUT2D eigenvalue weighted by atomic mass is 16.5. The summed E-state index contributed by atoms with van der Waals surface area (Å²) in [4.78, 5) is 31.4. The lowest BCUT2D eigenvalue weighted by atomic mass is 9.70. The van der Waals surface area contributed by atoms with Crippen molar-refractivity contribution in [3.05, 3.63) is 46.9 Å². The molecule has 8 heteroatoms. The molecule has 0 radical (unpaired) electrons. The van der Waals surface area contributed by atoms with Crippen LogP contribution in [0, 0.1) is 28.6 Å². The molecule has 0 spiro atoms. The molecule has 0 fully saturated rings. The molecule has 0 aliphatic heterocycles. The van der Waals surface area contributed by atoms with Crippen molar-refractivity contribution in [3.63, 3.8) is 0 Å². The Balaban J connectivity index is 2.32. The Kier molecular flexibility index (Phi) is 5.29. The number of nitrogens with zero attached hydrogens (tertiary/aromatic N) is 4. The Morgan fingerprint density at radius 1 is 1.21 bits per heavy atom. The minimum absolute atomic E-state index is 0.0830. The Morgan fingerprint density at radius 3 is 2.48 bits per heavy atom. The van der Waals surface area contributed by atoms with E-state index in [1.54, 1.807) is 13.8 Å². The maximum atomic E-state index is 11.7. The number of rotatable bonds is 7. The Bertz CT molecular complexity index is 1070. The van der Waals surface area contributed by atoms with Gasteiger partial charge in [0.2, 0.25) is 0 Å². The van der Waals surface area contributed by atoms with E-state index in [9.17, 15) is 25.2 Å². The number of ether oxygens (including phenoxy) is 1. The number of aliphatic carboxylic acids is 1. The van der Waals surface area contributed by atoms with Gasteiger partial charge in [-0.2, -0.15) is 10.5 Å². The number of carbonyl (C=O) groups is 2. The molecule has 0 amide bonds. The van der Waals surface area contributed by atoms with Crippen molar-refractivity contribution in [1.82, 2.24) is 9.97 Å². The number of carbonyl (C=O) groups excluding carboxylic acids is 1. The normalized spacial score (nSPS) is 18.5. The van der Waals surface area contributed by atoms with Crippen LogP contribution < -0.4 is 0 Å². The Hall–Kier alpha value is -3.78. The highest BCUT2D eigenvalue weighted by Gasteiger charge is 2.48. The zero-order chi connectivity index (χ0) is 21.2. The molecule has 2 aromatic rings. The molecule has 0 saturated heterocycles. The lowest BCUT2D eigenvalue weighted by molar-refractivity contribution is -0.142. The average Bonchev–Trinajstić information content (AvgIpc) is 2.96. The molecule has 3 rings (SSSR count). The van der Waals surface area contributed by atoms with Crippen LogP contribution in [-0.2, 0) is 19.7 Å². The maximum Gasteiger partial charge on any atom is 0.306 e. The molecule has 1 aromatic carbocycles. The van der Waals surface area contributed by atoms with E-state index < -0.39 is 23.4 Å². The Labute approximate surface area is 167 Å². The molecule has 0 bridgehead atoms. The maximum absolute atomic E-state index is 11.7. The summed E-state index contributed by atoms with van der Waals surface area (Å²) in [6, 6.07) is 11.1. The van der Waals surface area contributed by atoms with Crippen molar-refractivity contribution in [3.8, 4) is 23.4 Å². The fraction of sp³-hybridized carbons (Fsp3) is 0.333. The smallest absolute Gasteiger partial charge is 0.306 e. The summed E-state index contributed by atoms with van der Waals surface area (Å²) in [6.45, 7) is 3.66. The number of aromatic nitrogens is 2. The molecule has 0 saturated carbocycles. The summed E-state index contributed by atoms with van der Waals surface area (Å²) >= 11 is 0. The van der Waals surface area contributed by atoms with Gasteiger partial charge < -0.3 is 9.84 Å². The fourth-order valence-electron chi connectivity index (χ4n) is 4.09. The van der Waals surface area contributed by atoms with E-state index in [2.05, 4.69) is 9.97 Å². The van der Waals surface area contributed by atoms with Crippen LogP contribution in [0.3, 0.4) is 0 Å². The highest BCUT2D eigenvalue weighted by molar-refractivity contribution is 5.78. The van der Waals surface area contributed by atoms with Gasteiger partial charge in [0.05, 0.1) is 23.4 Å². The van der Waals surface area contributed by atoms with Gasteiger partial charge in [-0.3, -0.25) is 9.59 Å². The van der Waals surface area contributed by atoms with E-state index in [4.69, 9.17) is 4.74 Å². The van der Waals surface area contributed by atoms with E-state index in [1.807, 2.05) is 36.4 Å². The topological polar surface area (TPSA) is 137 Å². The lowest BCUT2D eigenvalue weighted by Gasteiger charge is -2.34. The number of benzene rings is 1. The third kappa shape index (κ3) is 3.30. The predicted molar refractivity (Wildman–Crippen MR) is 100 cm³/mol. The van der Waals surface area contributed by atoms with Crippen molar-refractivity contribution >= 4 is 12.4 Å². The fourth-order valence-corrected chi connectivity index (χ4v) is 4.09. The molecule has 1 heterocycles. The van der Waals surface area contributed by atoms with Crippen molar-refractivity contribution in [1.29, 1.82) is 10.5 Å². The van der Waals surface area contributed by atoms with Gasteiger partial charge in [0.25, 0.3) is 6.47 Å². The first-order valence-electron chi connectivity index (χ1n) is 9.02. The predicted octanol–water partition coefficient (Wildman–Crippen LogP) is 2.55. The van der Waals surface area contributed by atoms with Crippen LogP contribution in [-0.4, -0.2) is 33.6 Å². The van der Waals surface area contributed by atoms with E-state index in [1.165, 1.54) is 0 Å². The number of carboxylic acids is 1. The third-order valence-electron chi connectivity index (χ3n) is 5.26. The standard InChI is InChI=1S/C21H18N4O4/c1-12(20(27)28)7-21(8-13(2)29-11-26)15-6-4-3-5-14(15)18-19(21)25-17(10-23)16(9-22)24-18/h3-6,11-13H,7-8H2,1-2H3,(H,27,28)/t12-,13-,21?/m0/s1. The molecule has 146 valence electrons. The zero-order valence-electron chi connectivity index (χ0n) is 15.9. The van der Waals surface area contributed by atoms with Gasteiger partial charge >= 0.3 is 5.97 Å². The molecule has 3 atom stereocenters. The minimum Gasteiger partial charge on any atom is -0.481 e. The van der Waals surface area contributed by atoms with E-state index in [0.717, 1.165) is 11.1 Å². The van der Waals surface area contributed by atoms with Gasteiger partial charge in [-0.05, 0) is 25.3 Å². The molecule has 1 aliphatic rings. The average molecular weight is 390 g/mol. The number of fused-ring (bicyclic) bond motifs is 3. The largest absolute Gasteiger partial charge is 0.481 e. The van der Waals surface area contributed by atoms with Crippen LogP contribution in [0.25, 0.3) is 11.3 Å². The van der Waals surface area contributed by atoms with Gasteiger partial charge in [-0.15, -0.1) is 0 Å². The van der Waals surface area contributed by atoms with Crippen LogP contribution in [0.4, 0.5) is 0 Å². The van der Waals surface area contributed by atoms with Gasteiger partial charge in [-0.1, -0.05) is 31.2 Å². The first-order valence-corrected chi connectivity index (χ1v) is 9.02. The lowest BCUT2D eigenvalue weighted by Crippen LogP contribution is -2.35. The van der Waals surface area contributed by atoms with Crippen LogP contribution in [0.5, 0.6) is 0 Å². The highest BCUT2D eigenvalue weighted by Crippen LogP contribution is 2.53. The third-order valence-corrected chi connectivity index (χ3v) is 5.26. The van der Waals surface area contributed by atoms with E-state index >= 15 is 0 Å². The van der Waals surface area contributed by atoms with Crippen LogP contribution in [0.15, 0.2) is 24.3 Å². The first kappa shape index (κ1) is 20.0.